The summed E-state index contributed by atoms with van der Waals surface area (Å²) in [4.78, 5) is 60.5. The predicted molar refractivity (Wildman–Crippen MR) is 181 cm³/mol. The maximum absolute atomic E-state index is 14.2. The predicted octanol–water partition coefficient (Wildman–Crippen LogP) is 4.79. The Balaban J connectivity index is 1.31. The molecule has 252 valence electrons. The number of nitrogens with one attached hydrogen (secondary N) is 2. The summed E-state index contributed by atoms with van der Waals surface area (Å²) in [6.45, 7) is 2.74. The van der Waals surface area contributed by atoms with Gasteiger partial charge in [-0.3, -0.25) is 14.4 Å². The van der Waals surface area contributed by atoms with Crippen LogP contribution in [0.15, 0.2) is 89.3 Å². The zero-order valence-corrected chi connectivity index (χ0v) is 27.2. The number of aromatic nitrogens is 1. The minimum Gasteiger partial charge on any atom is -0.445 e. The smallest absolute Gasteiger partial charge is 0.408 e. The molecule has 5 rings (SSSR count). The number of nitrogens with two attached hydrogens (primary N) is 1. The third-order valence-electron chi connectivity index (χ3n) is 8.70. The number of carbonyl (C=O) groups excluding carboxylic acids is 4. The number of hydrogen-bond donors (Lipinski definition) is 3. The third-order valence-corrected chi connectivity index (χ3v) is 8.70. The van der Waals surface area contributed by atoms with Gasteiger partial charge in [0, 0.05) is 6.54 Å². The van der Waals surface area contributed by atoms with Gasteiger partial charge < -0.3 is 30.4 Å². The first-order chi connectivity index (χ1) is 23.3. The second-order valence-electron chi connectivity index (χ2n) is 12.2. The van der Waals surface area contributed by atoms with Crippen LogP contribution in [0.2, 0.25) is 0 Å². The van der Waals surface area contributed by atoms with Crippen molar-refractivity contribution in [3.63, 3.8) is 0 Å². The van der Waals surface area contributed by atoms with Crippen LogP contribution in [0.3, 0.4) is 0 Å². The molecule has 1 fully saturated rings. The number of alkyl carbamates (subject to hydrolysis) is 1. The zero-order chi connectivity index (χ0) is 33.9. The van der Waals surface area contributed by atoms with Gasteiger partial charge in [0.2, 0.25) is 17.6 Å². The second-order valence-corrected chi connectivity index (χ2v) is 12.2. The van der Waals surface area contributed by atoms with E-state index in [1.54, 1.807) is 24.3 Å². The Morgan fingerprint density at radius 2 is 1.58 bits per heavy atom. The molecule has 0 bridgehead atoms. The Labute approximate surface area is 280 Å². The van der Waals surface area contributed by atoms with Gasteiger partial charge in [0.05, 0.1) is 6.04 Å². The van der Waals surface area contributed by atoms with Gasteiger partial charge in [-0.1, -0.05) is 79.7 Å². The number of hydrogen-bond acceptors (Lipinski definition) is 8. The monoisotopic (exact) mass is 653 g/mol. The Kier molecular flexibility index (Phi) is 11.9. The fraction of sp³-hybridized carbons (Fsp3) is 0.378. The number of oxazole rings is 1. The number of amides is 3. The van der Waals surface area contributed by atoms with Crippen molar-refractivity contribution >= 4 is 34.8 Å². The normalized spacial score (nSPS) is 17.1. The van der Waals surface area contributed by atoms with Crippen molar-refractivity contribution in [2.45, 2.75) is 70.2 Å². The Hall–Kier alpha value is -5.03. The van der Waals surface area contributed by atoms with Crippen molar-refractivity contribution in [1.82, 2.24) is 20.5 Å². The summed E-state index contributed by atoms with van der Waals surface area (Å²) < 4.78 is 11.2. The number of benzene rings is 3. The van der Waals surface area contributed by atoms with E-state index in [4.69, 9.17) is 14.9 Å². The summed E-state index contributed by atoms with van der Waals surface area (Å²) in [5.41, 5.74) is 8.56. The summed E-state index contributed by atoms with van der Waals surface area (Å²) in [6, 6.07) is 23.3. The van der Waals surface area contributed by atoms with E-state index in [9.17, 15) is 19.2 Å². The van der Waals surface area contributed by atoms with E-state index in [2.05, 4.69) is 15.6 Å². The Bertz CT molecular complexity index is 1640. The van der Waals surface area contributed by atoms with E-state index in [0.29, 0.717) is 62.7 Å². The largest absolute Gasteiger partial charge is 0.445 e. The fourth-order valence-corrected chi connectivity index (χ4v) is 6.06. The lowest BCUT2D eigenvalue weighted by Crippen LogP contribution is -2.56. The maximum atomic E-state index is 14.2. The molecule has 1 aromatic heterocycles. The van der Waals surface area contributed by atoms with Crippen LogP contribution in [0.5, 0.6) is 0 Å². The van der Waals surface area contributed by atoms with Gasteiger partial charge in [-0.05, 0) is 74.2 Å². The molecular weight excluding hydrogens is 610 g/mol. The molecule has 0 saturated carbocycles. The first kappa shape index (κ1) is 34.3. The maximum Gasteiger partial charge on any atom is 0.408 e. The molecule has 11 nitrogen and oxygen atoms in total. The van der Waals surface area contributed by atoms with Gasteiger partial charge in [0.15, 0.2) is 5.58 Å². The number of nitrogens with zero attached hydrogens (tertiary/aromatic N) is 2. The van der Waals surface area contributed by atoms with Gasteiger partial charge in [0.25, 0.3) is 5.89 Å². The van der Waals surface area contributed by atoms with Crippen LogP contribution in [-0.2, 0) is 27.4 Å². The minimum absolute atomic E-state index is 0.0533. The highest BCUT2D eigenvalue weighted by Crippen LogP contribution is 2.27. The zero-order valence-electron chi connectivity index (χ0n) is 27.2. The van der Waals surface area contributed by atoms with E-state index < -0.39 is 35.9 Å². The van der Waals surface area contributed by atoms with Crippen molar-refractivity contribution in [1.29, 1.82) is 0 Å². The molecule has 1 aliphatic rings. The van der Waals surface area contributed by atoms with Crippen molar-refractivity contribution < 1.29 is 28.3 Å². The van der Waals surface area contributed by atoms with Crippen LogP contribution in [-0.4, -0.2) is 64.8 Å². The number of fused-ring (bicyclic) bond motifs is 1. The van der Waals surface area contributed by atoms with Gasteiger partial charge in [-0.15, -0.1) is 0 Å². The molecule has 0 spiro atoms. The van der Waals surface area contributed by atoms with Crippen molar-refractivity contribution in [3.05, 3.63) is 102 Å². The number of likely N-dealkylation sites (tertiary alicyclic amines) is 1. The summed E-state index contributed by atoms with van der Waals surface area (Å²) in [5.74, 6) is -1.52. The van der Waals surface area contributed by atoms with Crippen LogP contribution in [0.1, 0.15) is 60.8 Å². The van der Waals surface area contributed by atoms with Crippen molar-refractivity contribution in [3.8, 4) is 0 Å². The van der Waals surface area contributed by atoms with Gasteiger partial charge in [-0.2, -0.15) is 0 Å². The quantitative estimate of drug-likeness (QED) is 0.122. The molecule has 0 radical (unpaired) electrons. The topological polar surface area (TPSA) is 157 Å². The molecule has 11 heteroatoms. The molecule has 4 atom stereocenters. The fourth-order valence-electron chi connectivity index (χ4n) is 6.06. The lowest BCUT2D eigenvalue weighted by molar-refractivity contribution is -0.141. The molecule has 4 N–H and O–H groups in total. The first-order valence-electron chi connectivity index (χ1n) is 16.6. The van der Waals surface area contributed by atoms with Gasteiger partial charge in [0.1, 0.15) is 24.2 Å². The number of para-hydroxylation sites is 2. The molecule has 3 aromatic carbocycles. The number of rotatable bonds is 15. The number of Topliss-reactive ketones (excluding diaryl/α,β-unsaturated/α-hetero) is 1. The van der Waals surface area contributed by atoms with Crippen LogP contribution < -0.4 is 16.4 Å². The Morgan fingerprint density at radius 3 is 2.29 bits per heavy atom. The van der Waals surface area contributed by atoms with E-state index >= 15 is 0 Å². The highest BCUT2D eigenvalue weighted by atomic mass is 16.5. The number of carbonyl (C=O) groups is 4. The summed E-state index contributed by atoms with van der Waals surface area (Å²) >= 11 is 0. The molecular formula is C37H43N5O6. The summed E-state index contributed by atoms with van der Waals surface area (Å²) in [5, 5.41) is 5.68. The number of ether oxygens (including phenoxy) is 1. The highest BCUT2D eigenvalue weighted by Gasteiger charge is 2.43. The lowest BCUT2D eigenvalue weighted by Gasteiger charge is -2.31. The van der Waals surface area contributed by atoms with Gasteiger partial charge >= 0.3 is 6.09 Å². The standard InChI is InChI=1S/C37H43N5O6/c1-25-21-23-42(32(25)34(44)39-29(17-10-11-22-38)33(43)35-40-28-16-8-9-18-31(28)48-35)36(45)30(20-19-26-12-4-2-5-13-26)41-37(46)47-24-27-14-6-3-7-15-27/h2-9,12-16,18,25,29-30,32H,10-11,17,19-24,38H2,1H3,(H,39,44)(H,41,46)/t25-,29-,30+,32-/m0/s1. The van der Waals surface area contributed by atoms with Crippen LogP contribution >= 0.6 is 0 Å². The van der Waals surface area contributed by atoms with Crippen molar-refractivity contribution in [2.75, 3.05) is 13.1 Å². The average molecular weight is 654 g/mol. The Morgan fingerprint density at radius 1 is 0.896 bits per heavy atom. The molecule has 1 aliphatic heterocycles. The summed E-state index contributed by atoms with van der Waals surface area (Å²) in [7, 11) is 0. The highest BCUT2D eigenvalue weighted by molar-refractivity contribution is 6.01. The molecule has 3 amide bonds. The first-order valence-corrected chi connectivity index (χ1v) is 16.6. The SMILES string of the molecule is C[C@H]1CCN(C(=O)[C@@H](CCc2ccccc2)NC(=O)OCc2ccccc2)[C@@H]1C(=O)N[C@@H](CCCCN)C(=O)c1nc2ccccc2o1. The molecule has 4 aromatic rings. The number of unbranched alkanes of at least 4 members (excludes halogenated alkanes) is 1. The molecule has 1 saturated heterocycles. The number of aryl methyl sites for hydroxylation is 1. The van der Waals surface area contributed by atoms with Crippen molar-refractivity contribution in [2.24, 2.45) is 11.7 Å². The molecule has 48 heavy (non-hydrogen) atoms. The van der Waals surface area contributed by atoms with Crippen LogP contribution in [0.4, 0.5) is 4.79 Å². The lowest BCUT2D eigenvalue weighted by atomic mass is 9.99. The molecule has 2 heterocycles. The van der Waals surface area contributed by atoms with E-state index in [1.165, 1.54) is 4.90 Å². The van der Waals surface area contributed by atoms with Gasteiger partial charge in [-0.25, -0.2) is 9.78 Å². The van der Waals surface area contributed by atoms with Crippen LogP contribution in [0, 0.1) is 5.92 Å². The number of ketones is 1. The van der Waals surface area contributed by atoms with E-state index in [0.717, 1.165) is 11.1 Å². The molecule has 0 unspecified atom stereocenters. The second kappa shape index (κ2) is 16.7. The third kappa shape index (κ3) is 8.86. The minimum atomic E-state index is -0.934. The van der Waals surface area contributed by atoms with E-state index in [1.807, 2.05) is 67.6 Å². The average Bonchev–Trinajstić information content (AvgIpc) is 3.73. The van der Waals surface area contributed by atoms with E-state index in [-0.39, 0.29) is 24.3 Å². The summed E-state index contributed by atoms with van der Waals surface area (Å²) in [6.07, 6.45) is 2.32. The molecule has 0 aliphatic carbocycles. The van der Waals surface area contributed by atoms with Crippen LogP contribution in [0.25, 0.3) is 11.1 Å².